The smallest absolute Gasteiger partial charge is 0.259 e. The van der Waals surface area contributed by atoms with Crippen LogP contribution >= 0.6 is 0 Å². The van der Waals surface area contributed by atoms with Gasteiger partial charge in [0.1, 0.15) is 5.82 Å². The van der Waals surface area contributed by atoms with Gasteiger partial charge in [-0.1, -0.05) is 18.2 Å². The van der Waals surface area contributed by atoms with Crippen molar-refractivity contribution in [1.29, 1.82) is 0 Å². The molecule has 3 heterocycles. The number of nitrogens with zero attached hydrogens (tertiary/aromatic N) is 4. The molecule has 0 atom stereocenters. The minimum atomic E-state index is -0.219. The van der Waals surface area contributed by atoms with Gasteiger partial charge in [-0.2, -0.15) is 5.10 Å². The van der Waals surface area contributed by atoms with Crippen LogP contribution in [0.25, 0.3) is 0 Å². The van der Waals surface area contributed by atoms with E-state index in [1.807, 2.05) is 42.2 Å². The molecule has 1 saturated heterocycles. The molecule has 3 aromatic rings. The highest BCUT2D eigenvalue weighted by atomic mass is 16.2. The molecule has 1 aliphatic heterocycles. The molecule has 0 spiro atoms. The fraction of sp³-hybridized carbons (Fsp3) is 0.286. The first kappa shape index (κ1) is 18.8. The molecule has 148 valence electrons. The molecule has 0 unspecified atom stereocenters. The number of nitrogens with one attached hydrogen (secondary N) is 2. The van der Waals surface area contributed by atoms with Gasteiger partial charge in [-0.15, -0.1) is 0 Å². The van der Waals surface area contributed by atoms with Gasteiger partial charge in [0.15, 0.2) is 0 Å². The Bertz CT molecular complexity index is 995. The number of hydrogen-bond acceptors (Lipinski definition) is 5. The third kappa shape index (κ3) is 4.16. The predicted octanol–water partition coefficient (Wildman–Crippen LogP) is 2.78. The van der Waals surface area contributed by atoms with Crippen LogP contribution in [0.3, 0.4) is 0 Å². The van der Waals surface area contributed by atoms with E-state index in [9.17, 15) is 9.59 Å². The van der Waals surface area contributed by atoms with Gasteiger partial charge >= 0.3 is 0 Å². The van der Waals surface area contributed by atoms with Gasteiger partial charge < -0.3 is 10.2 Å². The van der Waals surface area contributed by atoms with E-state index in [-0.39, 0.29) is 17.7 Å². The number of likely N-dealkylation sites (tertiary alicyclic amines) is 1. The molecular formula is C21H22N6O2. The van der Waals surface area contributed by atoms with E-state index in [2.05, 4.69) is 25.5 Å². The maximum absolute atomic E-state index is 12.9. The molecule has 1 fully saturated rings. The maximum atomic E-state index is 12.9. The lowest BCUT2D eigenvalue weighted by molar-refractivity contribution is 0.0711. The van der Waals surface area contributed by atoms with Gasteiger partial charge in [-0.25, -0.2) is 9.97 Å². The quantitative estimate of drug-likeness (QED) is 0.713. The second-order valence-electron chi connectivity index (χ2n) is 7.09. The van der Waals surface area contributed by atoms with Crippen molar-refractivity contribution in [2.45, 2.75) is 25.7 Å². The monoisotopic (exact) mass is 390 g/mol. The minimum Gasteiger partial charge on any atom is -0.339 e. The van der Waals surface area contributed by atoms with Crippen LogP contribution in [-0.4, -0.2) is 50.0 Å². The Morgan fingerprint density at radius 2 is 1.90 bits per heavy atom. The molecule has 0 bridgehead atoms. The molecule has 2 N–H and O–H groups in total. The van der Waals surface area contributed by atoms with Gasteiger partial charge in [0.2, 0.25) is 0 Å². The third-order valence-corrected chi connectivity index (χ3v) is 5.13. The first-order chi connectivity index (χ1) is 14.1. The predicted molar refractivity (Wildman–Crippen MR) is 108 cm³/mol. The van der Waals surface area contributed by atoms with E-state index in [0.29, 0.717) is 30.0 Å². The van der Waals surface area contributed by atoms with Crippen LogP contribution in [0, 0.1) is 6.92 Å². The van der Waals surface area contributed by atoms with Gasteiger partial charge in [-0.05, 0) is 31.9 Å². The topological polar surface area (TPSA) is 104 Å². The molecule has 2 amide bonds. The van der Waals surface area contributed by atoms with Crippen molar-refractivity contribution < 1.29 is 9.59 Å². The van der Waals surface area contributed by atoms with Crippen molar-refractivity contribution in [3.63, 3.8) is 0 Å². The van der Waals surface area contributed by atoms with Crippen LogP contribution in [0.4, 0.5) is 5.69 Å². The van der Waals surface area contributed by atoms with Crippen LogP contribution < -0.4 is 5.32 Å². The molecule has 0 saturated carbocycles. The highest BCUT2D eigenvalue weighted by Gasteiger charge is 2.29. The van der Waals surface area contributed by atoms with E-state index >= 15 is 0 Å². The summed E-state index contributed by atoms with van der Waals surface area (Å²) >= 11 is 0. The number of hydrogen-bond donors (Lipinski definition) is 2. The van der Waals surface area contributed by atoms with Gasteiger partial charge in [0.05, 0.1) is 23.0 Å². The number of carbonyl (C=O) groups is 2. The number of anilines is 1. The Morgan fingerprint density at radius 3 is 2.59 bits per heavy atom. The molecule has 4 rings (SSSR count). The van der Waals surface area contributed by atoms with Crippen LogP contribution in [0.1, 0.15) is 51.0 Å². The summed E-state index contributed by atoms with van der Waals surface area (Å²) in [6.07, 6.45) is 6.22. The summed E-state index contributed by atoms with van der Waals surface area (Å²) in [5.74, 6) is 0.482. The SMILES string of the molecule is Cc1ncc(C(=O)Nc2ccccc2)c(C2CCN(C(=O)c3cn[nH]c3)CC2)n1. The molecule has 8 nitrogen and oxygen atoms in total. The van der Waals surface area contributed by atoms with E-state index in [1.165, 1.54) is 6.20 Å². The van der Waals surface area contributed by atoms with E-state index in [0.717, 1.165) is 24.2 Å². The van der Waals surface area contributed by atoms with E-state index < -0.39 is 0 Å². The van der Waals surface area contributed by atoms with Gasteiger partial charge in [0, 0.05) is 37.1 Å². The summed E-state index contributed by atoms with van der Waals surface area (Å²) in [7, 11) is 0. The van der Waals surface area contributed by atoms with Crippen molar-refractivity contribution >= 4 is 17.5 Å². The summed E-state index contributed by atoms with van der Waals surface area (Å²) in [5, 5.41) is 9.42. The summed E-state index contributed by atoms with van der Waals surface area (Å²) in [6, 6.07) is 9.32. The molecule has 0 aliphatic carbocycles. The largest absolute Gasteiger partial charge is 0.339 e. The molecule has 8 heteroatoms. The molecule has 1 aromatic carbocycles. The Morgan fingerprint density at radius 1 is 1.14 bits per heavy atom. The number of aromatic amines is 1. The molecule has 29 heavy (non-hydrogen) atoms. The van der Waals surface area contributed by atoms with Crippen LogP contribution in [0.5, 0.6) is 0 Å². The average molecular weight is 390 g/mol. The maximum Gasteiger partial charge on any atom is 0.259 e. The highest BCUT2D eigenvalue weighted by Crippen LogP contribution is 2.30. The molecule has 2 aromatic heterocycles. The first-order valence-electron chi connectivity index (χ1n) is 9.60. The minimum absolute atomic E-state index is 0.0295. The van der Waals surface area contributed by atoms with Crippen molar-refractivity contribution in [3.8, 4) is 0 Å². The molecule has 0 radical (unpaired) electrons. The van der Waals surface area contributed by atoms with Crippen LogP contribution in [0.15, 0.2) is 48.9 Å². The van der Waals surface area contributed by atoms with Crippen molar-refractivity contribution in [2.75, 3.05) is 18.4 Å². The summed E-state index contributed by atoms with van der Waals surface area (Å²) in [6.45, 7) is 3.04. The number of para-hydroxylation sites is 1. The summed E-state index contributed by atoms with van der Waals surface area (Å²) in [5.41, 5.74) is 2.52. The van der Waals surface area contributed by atoms with E-state index in [1.54, 1.807) is 12.4 Å². The van der Waals surface area contributed by atoms with Gasteiger partial charge in [0.25, 0.3) is 11.8 Å². The van der Waals surface area contributed by atoms with Crippen LogP contribution in [-0.2, 0) is 0 Å². The number of piperidine rings is 1. The molecular weight excluding hydrogens is 368 g/mol. The van der Waals surface area contributed by atoms with E-state index in [4.69, 9.17) is 0 Å². The number of rotatable bonds is 4. The number of aromatic nitrogens is 4. The fourth-order valence-electron chi connectivity index (χ4n) is 3.60. The lowest BCUT2D eigenvalue weighted by Gasteiger charge is -2.32. The zero-order valence-electron chi connectivity index (χ0n) is 16.1. The number of aryl methyl sites for hydroxylation is 1. The van der Waals surface area contributed by atoms with Crippen molar-refractivity contribution in [1.82, 2.24) is 25.1 Å². The number of amides is 2. The average Bonchev–Trinajstić information content (AvgIpc) is 3.29. The fourth-order valence-corrected chi connectivity index (χ4v) is 3.60. The zero-order valence-corrected chi connectivity index (χ0v) is 16.1. The van der Waals surface area contributed by atoms with Gasteiger partial charge in [-0.3, -0.25) is 14.7 Å². The normalized spacial score (nSPS) is 14.6. The van der Waals surface area contributed by atoms with Crippen molar-refractivity contribution in [3.05, 3.63) is 71.6 Å². The third-order valence-electron chi connectivity index (χ3n) is 5.13. The first-order valence-corrected chi connectivity index (χ1v) is 9.60. The lowest BCUT2D eigenvalue weighted by Crippen LogP contribution is -2.38. The Balaban J connectivity index is 1.49. The standard InChI is InChI=1S/C21H22N6O2/c1-14-22-13-18(20(28)26-17-5-3-2-4-6-17)19(25-14)15-7-9-27(10-8-15)21(29)16-11-23-24-12-16/h2-6,11-13,15H,7-10H2,1H3,(H,23,24)(H,26,28). The Hall–Kier alpha value is -3.55. The molecule has 1 aliphatic rings. The second kappa shape index (κ2) is 8.22. The second-order valence-corrected chi connectivity index (χ2v) is 7.09. The van der Waals surface area contributed by atoms with Crippen molar-refractivity contribution in [2.24, 2.45) is 0 Å². The summed E-state index contributed by atoms with van der Waals surface area (Å²) < 4.78 is 0. The zero-order chi connectivity index (χ0) is 20.2. The number of H-pyrrole nitrogens is 1. The lowest BCUT2D eigenvalue weighted by atomic mass is 9.90. The summed E-state index contributed by atoms with van der Waals surface area (Å²) in [4.78, 5) is 36.0. The Labute approximate surface area is 168 Å². The van der Waals surface area contributed by atoms with Crippen LogP contribution in [0.2, 0.25) is 0 Å². The Kier molecular flexibility index (Phi) is 5.33. The number of carbonyl (C=O) groups excluding carboxylic acids is 2. The number of benzene rings is 1. The highest BCUT2D eigenvalue weighted by molar-refractivity contribution is 6.05.